The van der Waals surface area contributed by atoms with Gasteiger partial charge >= 0.3 is 6.03 Å². The lowest BCUT2D eigenvalue weighted by molar-refractivity contribution is 0.221. The van der Waals surface area contributed by atoms with Crippen LogP contribution in [0.1, 0.15) is 17.2 Å². The molecule has 2 amide bonds. The van der Waals surface area contributed by atoms with Gasteiger partial charge in [0.15, 0.2) is 0 Å². The molecule has 0 spiro atoms. The topological polar surface area (TPSA) is 90.5 Å². The number of rotatable bonds is 5. The fraction of sp³-hybridized carbons (Fsp3) is 0.238. The minimum atomic E-state index is -0.898. The Morgan fingerprint density at radius 2 is 2.06 bits per heavy atom. The predicted octanol–water partition coefficient (Wildman–Crippen LogP) is 3.31. The lowest BCUT2D eigenvalue weighted by atomic mass is 10.0. The van der Waals surface area contributed by atoms with Gasteiger partial charge in [-0.3, -0.25) is 10.00 Å². The maximum Gasteiger partial charge on any atom is 0.322 e. The van der Waals surface area contributed by atoms with Crippen LogP contribution < -0.4 is 15.0 Å². The molecule has 1 aliphatic rings. The number of nitrogens with one attached hydrogen (secondary N) is 2. The van der Waals surface area contributed by atoms with Crippen LogP contribution in [-0.4, -0.2) is 41.6 Å². The van der Waals surface area contributed by atoms with Crippen LogP contribution in [0.25, 0.3) is 11.1 Å². The van der Waals surface area contributed by atoms with Crippen LogP contribution in [-0.2, 0) is 6.42 Å². The number of aliphatic hydroxyl groups excluding tert-OH is 1. The Labute approximate surface area is 175 Å². The van der Waals surface area contributed by atoms with E-state index in [0.29, 0.717) is 23.2 Å². The summed E-state index contributed by atoms with van der Waals surface area (Å²) < 4.78 is 47.3. The number of amides is 2. The van der Waals surface area contributed by atoms with E-state index in [0.717, 1.165) is 0 Å². The minimum absolute atomic E-state index is 0.00333. The van der Waals surface area contributed by atoms with Crippen LogP contribution in [0.4, 0.5) is 23.7 Å². The molecule has 2 aromatic carbocycles. The largest absolute Gasteiger partial charge is 0.497 e. The fourth-order valence-corrected chi connectivity index (χ4v) is 3.65. The van der Waals surface area contributed by atoms with Crippen molar-refractivity contribution in [2.45, 2.75) is 12.5 Å². The number of aromatic nitrogens is 2. The van der Waals surface area contributed by atoms with Crippen LogP contribution in [0.3, 0.4) is 0 Å². The third-order valence-electron chi connectivity index (χ3n) is 5.20. The summed E-state index contributed by atoms with van der Waals surface area (Å²) in [5.74, 6) is -1.78. The van der Waals surface area contributed by atoms with Crippen LogP contribution in [0.2, 0.25) is 0 Å². The summed E-state index contributed by atoms with van der Waals surface area (Å²) >= 11 is 0. The summed E-state index contributed by atoms with van der Waals surface area (Å²) in [4.78, 5) is 14.2. The Balaban J connectivity index is 1.58. The van der Waals surface area contributed by atoms with Gasteiger partial charge in [-0.15, -0.1) is 0 Å². The van der Waals surface area contributed by atoms with Gasteiger partial charge < -0.3 is 15.2 Å². The molecule has 31 heavy (non-hydrogen) atoms. The number of urea groups is 1. The second kappa shape index (κ2) is 8.31. The maximum absolute atomic E-state index is 14.7. The zero-order valence-corrected chi connectivity index (χ0v) is 16.5. The molecule has 0 fully saturated rings. The summed E-state index contributed by atoms with van der Waals surface area (Å²) in [6.07, 6.45) is 1.63. The van der Waals surface area contributed by atoms with Crippen molar-refractivity contribution in [1.29, 1.82) is 0 Å². The van der Waals surface area contributed by atoms with Gasteiger partial charge in [0.2, 0.25) is 5.95 Å². The number of aliphatic hydroxyl groups is 1. The van der Waals surface area contributed by atoms with Gasteiger partial charge in [0.05, 0.1) is 37.2 Å². The number of carbonyl (C=O) groups is 1. The van der Waals surface area contributed by atoms with E-state index in [1.807, 2.05) is 0 Å². The number of anilines is 1. The lowest BCUT2D eigenvalue weighted by Crippen LogP contribution is -2.42. The summed E-state index contributed by atoms with van der Waals surface area (Å²) in [6.45, 7) is -0.214. The van der Waals surface area contributed by atoms with Gasteiger partial charge in [-0.2, -0.15) is 9.49 Å². The lowest BCUT2D eigenvalue weighted by Gasteiger charge is -2.23. The Morgan fingerprint density at radius 3 is 2.74 bits per heavy atom. The highest BCUT2D eigenvalue weighted by molar-refractivity contribution is 5.95. The summed E-state index contributed by atoms with van der Waals surface area (Å²) in [7, 11) is 1.38. The third kappa shape index (κ3) is 3.93. The van der Waals surface area contributed by atoms with E-state index in [1.54, 1.807) is 0 Å². The van der Waals surface area contributed by atoms with Crippen molar-refractivity contribution < 1.29 is 27.8 Å². The number of ether oxygens (including phenoxy) is 1. The van der Waals surface area contributed by atoms with Crippen molar-refractivity contribution in [3.05, 3.63) is 65.2 Å². The Kier molecular flexibility index (Phi) is 5.55. The van der Waals surface area contributed by atoms with Gasteiger partial charge in [-0.1, -0.05) is 0 Å². The first-order valence-corrected chi connectivity index (χ1v) is 9.46. The van der Waals surface area contributed by atoms with E-state index in [2.05, 4.69) is 15.5 Å². The van der Waals surface area contributed by atoms with Crippen molar-refractivity contribution >= 4 is 11.7 Å². The predicted molar refractivity (Wildman–Crippen MR) is 106 cm³/mol. The number of aromatic amines is 1. The summed E-state index contributed by atoms with van der Waals surface area (Å²) in [5.41, 5.74) is 1.39. The van der Waals surface area contributed by atoms with Gasteiger partial charge in [-0.25, -0.2) is 13.6 Å². The monoisotopic (exact) mass is 432 g/mol. The normalized spacial score (nSPS) is 13.8. The number of hydrogen-bond donors (Lipinski definition) is 3. The molecule has 1 unspecified atom stereocenters. The summed E-state index contributed by atoms with van der Waals surface area (Å²) in [6, 6.07) is 5.06. The molecule has 162 valence electrons. The van der Waals surface area contributed by atoms with Crippen LogP contribution >= 0.6 is 0 Å². The molecule has 3 aromatic rings. The molecule has 0 saturated carbocycles. The molecular weight excluding hydrogens is 413 g/mol. The molecule has 1 aliphatic heterocycles. The average Bonchev–Trinajstić information content (AvgIpc) is 3.36. The van der Waals surface area contributed by atoms with E-state index >= 15 is 0 Å². The number of benzene rings is 2. The Morgan fingerprint density at radius 1 is 1.26 bits per heavy atom. The van der Waals surface area contributed by atoms with Gasteiger partial charge in [0.25, 0.3) is 0 Å². The number of H-pyrrole nitrogens is 1. The number of halogens is 3. The molecule has 4 rings (SSSR count). The zero-order chi connectivity index (χ0) is 22.1. The molecule has 7 nitrogen and oxygen atoms in total. The molecule has 0 aliphatic carbocycles. The third-order valence-corrected chi connectivity index (χ3v) is 5.20. The molecule has 0 radical (unpaired) electrons. The quantitative estimate of drug-likeness (QED) is 0.577. The fourth-order valence-electron chi connectivity index (χ4n) is 3.65. The van der Waals surface area contributed by atoms with E-state index in [1.165, 1.54) is 48.5 Å². The van der Waals surface area contributed by atoms with Crippen LogP contribution in [0, 0.1) is 17.6 Å². The first-order chi connectivity index (χ1) is 14.9. The van der Waals surface area contributed by atoms with Crippen LogP contribution in [0.15, 0.2) is 36.5 Å². The number of hydrogen-bond acceptors (Lipinski definition) is 4. The average molecular weight is 432 g/mol. The molecule has 0 bridgehead atoms. The molecule has 3 N–H and O–H groups in total. The maximum atomic E-state index is 14.7. The van der Waals surface area contributed by atoms with Gasteiger partial charge in [0, 0.05) is 18.2 Å². The first-order valence-electron chi connectivity index (χ1n) is 9.46. The van der Waals surface area contributed by atoms with Crippen LogP contribution in [0.5, 0.6) is 5.75 Å². The van der Waals surface area contributed by atoms with Crippen molar-refractivity contribution in [3.63, 3.8) is 0 Å². The molecule has 2 heterocycles. The summed E-state index contributed by atoms with van der Waals surface area (Å²) in [5, 5.41) is 18.1. The highest BCUT2D eigenvalue weighted by atomic mass is 19.1. The highest BCUT2D eigenvalue weighted by Gasteiger charge is 2.29. The molecular formula is C21H19F3N4O3. The van der Waals surface area contributed by atoms with Crippen molar-refractivity contribution in [2.24, 2.45) is 0 Å². The molecule has 10 heteroatoms. The van der Waals surface area contributed by atoms with Gasteiger partial charge in [0.1, 0.15) is 17.4 Å². The van der Waals surface area contributed by atoms with E-state index in [9.17, 15) is 23.1 Å². The van der Waals surface area contributed by atoms with Crippen molar-refractivity contribution in [3.8, 4) is 16.9 Å². The van der Waals surface area contributed by atoms with E-state index < -0.39 is 36.3 Å². The molecule has 0 saturated heterocycles. The van der Waals surface area contributed by atoms with E-state index in [4.69, 9.17) is 4.74 Å². The zero-order valence-electron chi connectivity index (χ0n) is 16.5. The first kappa shape index (κ1) is 20.7. The number of fused-ring (bicyclic) bond motifs is 1. The van der Waals surface area contributed by atoms with Gasteiger partial charge in [-0.05, 0) is 41.8 Å². The standard InChI is InChI=1S/C21H19F3N4O3/c1-31-14-5-12(4-13(22)7-14)18(10-29)26-21(30)28-3-2-11-6-15(17(23)8-19(11)28)16-9-25-27-20(16)24/h4-9,18,29H,2-3,10H2,1H3,(H,25,27)(H,26,30). The smallest absolute Gasteiger partial charge is 0.322 e. The number of methoxy groups -OCH3 is 1. The minimum Gasteiger partial charge on any atom is -0.497 e. The number of carbonyl (C=O) groups excluding carboxylic acids is 1. The van der Waals surface area contributed by atoms with E-state index in [-0.39, 0.29) is 23.4 Å². The van der Waals surface area contributed by atoms with Crippen molar-refractivity contribution in [2.75, 3.05) is 25.2 Å². The molecule has 1 atom stereocenters. The molecule has 1 aromatic heterocycles. The SMILES string of the molecule is COc1cc(F)cc(C(CO)NC(=O)N2CCc3cc(-c4cn[nH]c4F)c(F)cc32)c1. The van der Waals surface area contributed by atoms with Crippen molar-refractivity contribution in [1.82, 2.24) is 15.5 Å². The Bertz CT molecular complexity index is 1140. The second-order valence-electron chi connectivity index (χ2n) is 7.07. The highest BCUT2D eigenvalue weighted by Crippen LogP contribution is 2.35. The second-order valence-corrected chi connectivity index (χ2v) is 7.07. The Hall–Kier alpha value is -3.53. The number of nitrogens with zero attached hydrogens (tertiary/aromatic N) is 2.